The van der Waals surface area contributed by atoms with Gasteiger partial charge in [-0.15, -0.1) is 0 Å². The quantitative estimate of drug-likeness (QED) is 0.756. The molecule has 0 aromatic heterocycles. The molecule has 0 saturated heterocycles. The second-order valence-electron chi connectivity index (χ2n) is 8.04. The number of hydrogen-bond donors (Lipinski definition) is 1. The van der Waals surface area contributed by atoms with Crippen LogP contribution in [0.3, 0.4) is 0 Å². The van der Waals surface area contributed by atoms with Gasteiger partial charge in [-0.05, 0) is 49.5 Å². The summed E-state index contributed by atoms with van der Waals surface area (Å²) in [7, 11) is -0.688. The van der Waals surface area contributed by atoms with Gasteiger partial charge in [-0.1, -0.05) is 48.0 Å². The Balaban J connectivity index is 2.75. The average molecular weight is 316 g/mol. The predicted octanol–water partition coefficient (Wildman–Crippen LogP) is 4.36. The van der Waals surface area contributed by atoms with Gasteiger partial charge in [0.1, 0.15) is 0 Å². The molecule has 5 unspecified atom stereocenters. The molecule has 0 spiro atoms. The minimum atomic E-state index is -0.688. The van der Waals surface area contributed by atoms with Crippen LogP contribution in [0.1, 0.15) is 73.6 Å². The summed E-state index contributed by atoms with van der Waals surface area (Å²) >= 11 is 0. The van der Waals surface area contributed by atoms with Gasteiger partial charge in [0.2, 0.25) is 0 Å². The fourth-order valence-corrected chi connectivity index (χ4v) is 5.38. The van der Waals surface area contributed by atoms with Gasteiger partial charge in [-0.2, -0.15) is 0 Å². The highest BCUT2D eigenvalue weighted by Crippen LogP contribution is 2.39. The van der Waals surface area contributed by atoms with E-state index in [0.29, 0.717) is 28.5 Å². The number of nitrogens with one attached hydrogen (secondary N) is 1. The zero-order chi connectivity index (χ0) is 16.0. The van der Waals surface area contributed by atoms with Crippen molar-refractivity contribution < 1.29 is 4.21 Å². The van der Waals surface area contributed by atoms with E-state index in [4.69, 9.17) is 0 Å². The molecule has 1 fully saturated rings. The van der Waals surface area contributed by atoms with Crippen molar-refractivity contribution in [1.82, 2.24) is 5.32 Å². The van der Waals surface area contributed by atoms with E-state index in [9.17, 15) is 4.21 Å². The zero-order valence-corrected chi connectivity index (χ0v) is 15.9. The van der Waals surface area contributed by atoms with Crippen LogP contribution in [0.4, 0.5) is 0 Å². The zero-order valence-electron chi connectivity index (χ0n) is 15.1. The highest BCUT2D eigenvalue weighted by atomic mass is 32.2. The summed E-state index contributed by atoms with van der Waals surface area (Å²) in [5.74, 6) is 2.17. The summed E-state index contributed by atoms with van der Waals surface area (Å²) < 4.78 is 12.9. The summed E-state index contributed by atoms with van der Waals surface area (Å²) in [5.41, 5.74) is 0.342. The molecule has 1 aliphatic carbocycles. The highest BCUT2D eigenvalue weighted by molar-refractivity contribution is 7.85. The maximum absolute atomic E-state index is 12.9. The van der Waals surface area contributed by atoms with E-state index in [1.165, 1.54) is 12.8 Å². The van der Waals surface area contributed by atoms with Crippen LogP contribution < -0.4 is 5.32 Å². The second-order valence-corrected chi connectivity index (χ2v) is 9.74. The van der Waals surface area contributed by atoms with E-state index in [1.807, 2.05) is 0 Å². The van der Waals surface area contributed by atoms with Gasteiger partial charge in [-0.25, -0.2) is 0 Å². The first-order chi connectivity index (χ1) is 9.79. The van der Waals surface area contributed by atoms with Crippen molar-refractivity contribution in [3.63, 3.8) is 0 Å². The summed E-state index contributed by atoms with van der Waals surface area (Å²) in [4.78, 5) is 0. The molecule has 5 atom stereocenters. The topological polar surface area (TPSA) is 29.1 Å². The molecule has 1 aliphatic rings. The van der Waals surface area contributed by atoms with E-state index in [0.717, 1.165) is 31.6 Å². The van der Waals surface area contributed by atoms with E-state index in [1.54, 1.807) is 0 Å². The molecule has 2 nitrogen and oxygen atoms in total. The Morgan fingerprint density at radius 1 is 1.24 bits per heavy atom. The fourth-order valence-electron chi connectivity index (χ4n) is 3.29. The third kappa shape index (κ3) is 6.02. The third-order valence-corrected chi connectivity index (χ3v) is 7.25. The lowest BCUT2D eigenvalue weighted by Gasteiger charge is -2.42. The summed E-state index contributed by atoms with van der Waals surface area (Å²) in [6.07, 6.45) is 5.90. The summed E-state index contributed by atoms with van der Waals surface area (Å²) in [6, 6.07) is 0.466. The first kappa shape index (κ1) is 19.2. The third-order valence-electron chi connectivity index (χ3n) is 5.16. The predicted molar refractivity (Wildman–Crippen MR) is 95.1 cm³/mol. The van der Waals surface area contributed by atoms with Crippen molar-refractivity contribution in [2.45, 2.75) is 84.9 Å². The van der Waals surface area contributed by atoms with E-state index in [-0.39, 0.29) is 0 Å². The second kappa shape index (κ2) is 8.67. The molecule has 1 saturated carbocycles. The highest BCUT2D eigenvalue weighted by Gasteiger charge is 2.38. The van der Waals surface area contributed by atoms with Gasteiger partial charge in [0, 0.05) is 22.6 Å². The van der Waals surface area contributed by atoms with Crippen LogP contribution in [0.15, 0.2) is 0 Å². The Kier molecular flexibility index (Phi) is 7.91. The van der Waals surface area contributed by atoms with E-state index >= 15 is 0 Å². The van der Waals surface area contributed by atoms with Crippen LogP contribution in [0, 0.1) is 17.3 Å². The first-order valence-corrected chi connectivity index (χ1v) is 10.3. The Labute approximate surface area is 135 Å². The molecule has 3 heteroatoms. The lowest BCUT2D eigenvalue weighted by Crippen LogP contribution is -2.49. The molecule has 1 N–H and O–H groups in total. The largest absolute Gasteiger partial charge is 0.313 e. The van der Waals surface area contributed by atoms with Crippen molar-refractivity contribution in [3.8, 4) is 0 Å². The SMILES string of the molecule is CCCNC1CCC(C(C)(C)C)CC1S(=O)CC(C)CC. The molecule has 21 heavy (non-hydrogen) atoms. The van der Waals surface area contributed by atoms with Gasteiger partial charge in [0.15, 0.2) is 0 Å². The molecule has 0 aromatic carbocycles. The maximum Gasteiger partial charge on any atom is 0.0504 e. The molecule has 0 aromatic rings. The van der Waals surface area contributed by atoms with Crippen LogP contribution in [-0.4, -0.2) is 27.8 Å². The molecular weight excluding hydrogens is 278 g/mol. The molecule has 0 radical (unpaired) electrons. The van der Waals surface area contributed by atoms with Crippen LogP contribution in [-0.2, 0) is 10.8 Å². The Hall–Kier alpha value is 0.110. The van der Waals surface area contributed by atoms with Crippen LogP contribution >= 0.6 is 0 Å². The Morgan fingerprint density at radius 2 is 1.90 bits per heavy atom. The molecule has 0 aliphatic heterocycles. The van der Waals surface area contributed by atoms with Gasteiger partial charge >= 0.3 is 0 Å². The fraction of sp³-hybridized carbons (Fsp3) is 1.00. The van der Waals surface area contributed by atoms with E-state index < -0.39 is 10.8 Å². The van der Waals surface area contributed by atoms with Crippen molar-refractivity contribution in [1.29, 1.82) is 0 Å². The smallest absolute Gasteiger partial charge is 0.0504 e. The molecule has 0 heterocycles. The number of hydrogen-bond acceptors (Lipinski definition) is 2. The molecule has 0 bridgehead atoms. The standard InChI is InChI=1S/C18H37NOS/c1-7-11-19-16-10-9-15(18(4,5)6)12-17(16)21(20)13-14(3)8-2/h14-17,19H,7-13H2,1-6H3. The van der Waals surface area contributed by atoms with Crippen molar-refractivity contribution in [2.24, 2.45) is 17.3 Å². The van der Waals surface area contributed by atoms with Crippen molar-refractivity contribution in [2.75, 3.05) is 12.3 Å². The molecule has 0 amide bonds. The first-order valence-electron chi connectivity index (χ1n) is 8.90. The molecule has 126 valence electrons. The maximum atomic E-state index is 12.9. The van der Waals surface area contributed by atoms with E-state index in [2.05, 4.69) is 46.9 Å². The lowest BCUT2D eigenvalue weighted by molar-refractivity contribution is 0.163. The Bertz CT molecular complexity index is 324. The van der Waals surface area contributed by atoms with Gasteiger partial charge in [-0.3, -0.25) is 4.21 Å². The minimum absolute atomic E-state index is 0.342. The lowest BCUT2D eigenvalue weighted by atomic mass is 9.71. The van der Waals surface area contributed by atoms with Gasteiger partial charge in [0.05, 0.1) is 5.25 Å². The summed E-state index contributed by atoms with van der Waals surface area (Å²) in [5, 5.41) is 4.02. The van der Waals surface area contributed by atoms with Gasteiger partial charge < -0.3 is 5.32 Å². The van der Waals surface area contributed by atoms with Crippen LogP contribution in [0.25, 0.3) is 0 Å². The van der Waals surface area contributed by atoms with Crippen LogP contribution in [0.2, 0.25) is 0 Å². The van der Waals surface area contributed by atoms with Gasteiger partial charge in [0.25, 0.3) is 0 Å². The normalized spacial score (nSPS) is 30.1. The van der Waals surface area contributed by atoms with Crippen molar-refractivity contribution >= 4 is 10.8 Å². The number of rotatable bonds is 7. The summed E-state index contributed by atoms with van der Waals surface area (Å²) in [6.45, 7) is 14.7. The molecule has 1 rings (SSSR count). The average Bonchev–Trinajstić information content (AvgIpc) is 2.43. The minimum Gasteiger partial charge on any atom is -0.313 e. The van der Waals surface area contributed by atoms with Crippen molar-refractivity contribution in [3.05, 3.63) is 0 Å². The Morgan fingerprint density at radius 3 is 2.43 bits per heavy atom. The van der Waals surface area contributed by atoms with Crippen LogP contribution in [0.5, 0.6) is 0 Å². The molecular formula is C18H37NOS. The monoisotopic (exact) mass is 315 g/mol.